The number of rotatable bonds is 5. The summed E-state index contributed by atoms with van der Waals surface area (Å²) >= 11 is 0. The second-order valence-electron chi connectivity index (χ2n) is 5.05. The Bertz CT molecular complexity index is 942. The van der Waals surface area contributed by atoms with Gasteiger partial charge in [0, 0.05) is 18.5 Å². The zero-order valence-electron chi connectivity index (χ0n) is 13.6. The van der Waals surface area contributed by atoms with Crippen molar-refractivity contribution < 1.29 is 4.92 Å². The summed E-state index contributed by atoms with van der Waals surface area (Å²) in [4.78, 5) is 23.4. The van der Waals surface area contributed by atoms with E-state index >= 15 is 0 Å². The Kier molecular flexibility index (Phi) is 5.36. The maximum absolute atomic E-state index is 11.1. The van der Waals surface area contributed by atoms with Crippen LogP contribution in [0.15, 0.2) is 83.2 Å². The highest BCUT2D eigenvalue weighted by Crippen LogP contribution is 2.15. The Morgan fingerprint density at radius 3 is 2.42 bits per heavy atom. The average molecular weight is 346 g/mol. The molecule has 0 aliphatic carbocycles. The van der Waals surface area contributed by atoms with Gasteiger partial charge in [0.25, 0.3) is 5.69 Å². The van der Waals surface area contributed by atoms with E-state index in [2.05, 4.69) is 25.5 Å². The molecule has 3 rings (SSSR count). The molecule has 2 heterocycles. The SMILES string of the molecule is O=[N+]([O-])c1ccccc1/C=N\NC(=Nc1ccccn1)c1ccccn1. The van der Waals surface area contributed by atoms with Gasteiger partial charge < -0.3 is 0 Å². The van der Waals surface area contributed by atoms with Gasteiger partial charge in [-0.05, 0) is 30.3 Å². The summed E-state index contributed by atoms with van der Waals surface area (Å²) in [6.07, 6.45) is 4.64. The van der Waals surface area contributed by atoms with Crippen molar-refractivity contribution in [2.75, 3.05) is 0 Å². The van der Waals surface area contributed by atoms with E-state index in [9.17, 15) is 10.1 Å². The van der Waals surface area contributed by atoms with Gasteiger partial charge in [-0.3, -0.25) is 20.5 Å². The van der Waals surface area contributed by atoms with Crippen molar-refractivity contribution in [2.45, 2.75) is 0 Å². The minimum Gasteiger partial charge on any atom is -0.259 e. The van der Waals surface area contributed by atoms with Crippen molar-refractivity contribution in [1.29, 1.82) is 0 Å². The summed E-state index contributed by atoms with van der Waals surface area (Å²) < 4.78 is 0. The highest BCUT2D eigenvalue weighted by molar-refractivity contribution is 5.99. The molecule has 0 amide bonds. The van der Waals surface area contributed by atoms with Crippen molar-refractivity contribution in [3.63, 3.8) is 0 Å². The predicted octanol–water partition coefficient (Wildman–Crippen LogP) is 3.09. The first-order valence-electron chi connectivity index (χ1n) is 7.67. The maximum Gasteiger partial charge on any atom is 0.278 e. The summed E-state index contributed by atoms with van der Waals surface area (Å²) in [7, 11) is 0. The Morgan fingerprint density at radius 2 is 1.73 bits per heavy atom. The van der Waals surface area contributed by atoms with E-state index in [1.165, 1.54) is 12.3 Å². The molecule has 0 spiro atoms. The molecule has 26 heavy (non-hydrogen) atoms. The minimum absolute atomic E-state index is 0.0286. The molecule has 3 aromatic rings. The summed E-state index contributed by atoms with van der Waals surface area (Å²) in [5.41, 5.74) is 3.71. The molecule has 0 radical (unpaired) electrons. The molecular weight excluding hydrogens is 332 g/mol. The fourth-order valence-electron chi connectivity index (χ4n) is 2.10. The number of pyridine rings is 2. The number of nitrogens with one attached hydrogen (secondary N) is 1. The van der Waals surface area contributed by atoms with Crippen LogP contribution in [0, 0.1) is 10.1 Å². The van der Waals surface area contributed by atoms with Crippen molar-refractivity contribution >= 4 is 23.6 Å². The van der Waals surface area contributed by atoms with E-state index in [0.717, 1.165) is 0 Å². The number of hydrazone groups is 1. The van der Waals surface area contributed by atoms with Crippen LogP contribution >= 0.6 is 0 Å². The van der Waals surface area contributed by atoms with Gasteiger partial charge in [-0.1, -0.05) is 24.3 Å². The second kappa shape index (κ2) is 8.25. The Labute approximate surface area is 149 Å². The topological polar surface area (TPSA) is 106 Å². The van der Waals surface area contributed by atoms with Gasteiger partial charge in [0.15, 0.2) is 11.7 Å². The molecule has 2 aromatic heterocycles. The summed E-state index contributed by atoms with van der Waals surface area (Å²) in [6, 6.07) is 17.1. The van der Waals surface area contributed by atoms with Gasteiger partial charge in [-0.2, -0.15) is 5.10 Å². The highest BCUT2D eigenvalue weighted by atomic mass is 16.6. The van der Waals surface area contributed by atoms with Gasteiger partial charge in [-0.25, -0.2) is 9.98 Å². The smallest absolute Gasteiger partial charge is 0.259 e. The maximum atomic E-state index is 11.1. The predicted molar refractivity (Wildman–Crippen MR) is 98.5 cm³/mol. The first-order chi connectivity index (χ1) is 12.7. The van der Waals surface area contributed by atoms with Gasteiger partial charge >= 0.3 is 0 Å². The fraction of sp³-hybridized carbons (Fsp3) is 0. The van der Waals surface area contributed by atoms with Crippen LogP contribution in [0.25, 0.3) is 0 Å². The number of nitrogens with zero attached hydrogens (tertiary/aromatic N) is 5. The Morgan fingerprint density at radius 1 is 1.00 bits per heavy atom. The molecule has 0 aliphatic rings. The zero-order valence-corrected chi connectivity index (χ0v) is 13.6. The number of nitro groups is 1. The van der Waals surface area contributed by atoms with E-state index in [1.807, 2.05) is 12.1 Å². The lowest BCUT2D eigenvalue weighted by Crippen LogP contribution is -2.20. The van der Waals surface area contributed by atoms with Gasteiger partial charge in [0.2, 0.25) is 0 Å². The lowest BCUT2D eigenvalue weighted by molar-refractivity contribution is -0.385. The molecule has 1 N–H and O–H groups in total. The molecule has 0 unspecified atom stereocenters. The van der Waals surface area contributed by atoms with Crippen LogP contribution in [0.4, 0.5) is 11.5 Å². The largest absolute Gasteiger partial charge is 0.278 e. The van der Waals surface area contributed by atoms with Gasteiger partial charge in [0.1, 0.15) is 5.69 Å². The lowest BCUT2D eigenvalue weighted by Gasteiger charge is -2.05. The van der Waals surface area contributed by atoms with Gasteiger partial charge in [-0.15, -0.1) is 0 Å². The third kappa shape index (κ3) is 4.32. The molecule has 8 heteroatoms. The summed E-state index contributed by atoms with van der Waals surface area (Å²) in [5, 5.41) is 15.1. The Hall–Kier alpha value is -3.94. The summed E-state index contributed by atoms with van der Waals surface area (Å²) in [6.45, 7) is 0. The molecule has 0 saturated heterocycles. The normalized spacial score (nSPS) is 11.5. The van der Waals surface area contributed by atoms with Crippen LogP contribution < -0.4 is 5.43 Å². The van der Waals surface area contributed by atoms with E-state index in [-0.39, 0.29) is 5.69 Å². The zero-order chi connectivity index (χ0) is 18.2. The quantitative estimate of drug-likeness (QED) is 0.331. The molecule has 0 atom stereocenters. The second-order valence-corrected chi connectivity index (χ2v) is 5.05. The number of hydrogen-bond acceptors (Lipinski definition) is 6. The standard InChI is InChI=1S/C18H14N6O2/c25-24(26)16-9-2-1-7-14(16)13-21-23-18(15-8-3-5-11-19-15)22-17-10-4-6-12-20-17/h1-13H,(H,20,22,23)/b21-13-. The number of amidine groups is 1. The average Bonchev–Trinajstić information content (AvgIpc) is 2.69. The van der Waals surface area contributed by atoms with Crippen LogP contribution in [0.3, 0.4) is 0 Å². The van der Waals surface area contributed by atoms with Crippen LogP contribution in [-0.2, 0) is 0 Å². The number of hydrogen-bond donors (Lipinski definition) is 1. The summed E-state index contributed by atoms with van der Waals surface area (Å²) in [5.74, 6) is 0.862. The number of para-hydroxylation sites is 1. The van der Waals surface area contributed by atoms with E-state index < -0.39 is 4.92 Å². The number of nitro benzene ring substituents is 1. The van der Waals surface area contributed by atoms with Gasteiger partial charge in [0.05, 0.1) is 16.7 Å². The lowest BCUT2D eigenvalue weighted by atomic mass is 10.2. The van der Waals surface area contributed by atoms with Crippen molar-refractivity contribution in [2.24, 2.45) is 10.1 Å². The number of benzene rings is 1. The molecular formula is C18H14N6O2. The first kappa shape index (κ1) is 16.9. The van der Waals surface area contributed by atoms with E-state index in [0.29, 0.717) is 22.9 Å². The highest BCUT2D eigenvalue weighted by Gasteiger charge is 2.10. The van der Waals surface area contributed by atoms with Crippen LogP contribution in [0.2, 0.25) is 0 Å². The van der Waals surface area contributed by atoms with Crippen LogP contribution in [0.1, 0.15) is 11.3 Å². The van der Waals surface area contributed by atoms with Crippen molar-refractivity contribution in [1.82, 2.24) is 15.4 Å². The Balaban J connectivity index is 1.88. The number of aliphatic imine (C=N–C) groups is 1. The fourth-order valence-corrected chi connectivity index (χ4v) is 2.10. The third-order valence-electron chi connectivity index (χ3n) is 3.29. The van der Waals surface area contributed by atoms with E-state index in [4.69, 9.17) is 0 Å². The number of aromatic nitrogens is 2. The molecule has 128 valence electrons. The van der Waals surface area contributed by atoms with E-state index in [1.54, 1.807) is 54.9 Å². The molecule has 8 nitrogen and oxygen atoms in total. The molecule has 1 aromatic carbocycles. The molecule has 0 bridgehead atoms. The first-order valence-corrected chi connectivity index (χ1v) is 7.67. The van der Waals surface area contributed by atoms with Crippen LogP contribution in [-0.4, -0.2) is 26.9 Å². The third-order valence-corrected chi connectivity index (χ3v) is 3.29. The van der Waals surface area contributed by atoms with Crippen molar-refractivity contribution in [3.8, 4) is 0 Å². The molecule has 0 fully saturated rings. The molecule has 0 aliphatic heterocycles. The van der Waals surface area contributed by atoms with Crippen molar-refractivity contribution in [3.05, 3.63) is 94.4 Å². The minimum atomic E-state index is -0.455. The molecule has 0 saturated carbocycles. The monoisotopic (exact) mass is 346 g/mol. The van der Waals surface area contributed by atoms with Crippen LogP contribution in [0.5, 0.6) is 0 Å².